The van der Waals surface area contributed by atoms with Crippen LogP contribution in [-0.4, -0.2) is 4.98 Å². The van der Waals surface area contributed by atoms with Gasteiger partial charge in [0, 0.05) is 17.6 Å². The van der Waals surface area contributed by atoms with Crippen LogP contribution in [0.15, 0.2) is 12.3 Å². The fourth-order valence-electron chi connectivity index (χ4n) is 1.04. The Bertz CT molecular complexity index is 360. The van der Waals surface area contributed by atoms with E-state index in [1.807, 2.05) is 6.07 Å². The van der Waals surface area contributed by atoms with E-state index in [9.17, 15) is 8.78 Å². The summed E-state index contributed by atoms with van der Waals surface area (Å²) < 4.78 is 24.9. The smallest absolute Gasteiger partial charge is 0.260 e. The summed E-state index contributed by atoms with van der Waals surface area (Å²) in [6.07, 6.45) is -1.26. The number of aromatic nitrogens is 1. The molecule has 5 heteroatoms. The third kappa shape index (κ3) is 2.39. The lowest BCUT2D eigenvalue weighted by atomic mass is 10.1. The summed E-state index contributed by atoms with van der Waals surface area (Å²) in [5, 5.41) is 8.37. The second-order valence-electron chi connectivity index (χ2n) is 2.64. The summed E-state index contributed by atoms with van der Waals surface area (Å²) in [5.41, 5.74) is 0.514. The first-order chi connectivity index (χ1) is 6.69. The van der Waals surface area contributed by atoms with E-state index in [0.29, 0.717) is 11.3 Å². The van der Waals surface area contributed by atoms with E-state index < -0.39 is 6.43 Å². The van der Waals surface area contributed by atoms with Crippen LogP contribution >= 0.6 is 11.6 Å². The number of alkyl halides is 3. The van der Waals surface area contributed by atoms with Gasteiger partial charge in [-0.1, -0.05) is 0 Å². The molecule has 0 atom stereocenters. The first-order valence-electron chi connectivity index (χ1n) is 3.87. The molecule has 1 aromatic rings. The molecule has 2 nitrogen and oxygen atoms in total. The predicted octanol–water partition coefficient (Wildman–Crippen LogP) is 2.82. The lowest BCUT2D eigenvalue weighted by molar-refractivity contribution is 0.150. The first kappa shape index (κ1) is 10.9. The van der Waals surface area contributed by atoms with Crippen LogP contribution in [0, 0.1) is 11.3 Å². The van der Waals surface area contributed by atoms with Gasteiger partial charge in [-0.2, -0.15) is 5.26 Å². The summed E-state index contributed by atoms with van der Waals surface area (Å²) >= 11 is 5.47. The SMILES string of the molecule is N#CCc1cc(C(F)F)c(CCl)cn1. The number of halogens is 3. The van der Waals surface area contributed by atoms with Crippen LogP contribution in [0.1, 0.15) is 23.2 Å². The molecule has 0 aliphatic rings. The summed E-state index contributed by atoms with van der Waals surface area (Å²) in [6, 6.07) is 3.08. The molecular weight excluding hydrogens is 210 g/mol. The Balaban J connectivity index is 3.09. The minimum atomic E-state index is -2.58. The molecule has 14 heavy (non-hydrogen) atoms. The third-order valence-corrected chi connectivity index (χ3v) is 2.01. The molecule has 1 heterocycles. The zero-order valence-electron chi connectivity index (χ0n) is 7.17. The van der Waals surface area contributed by atoms with Gasteiger partial charge in [0.05, 0.1) is 18.2 Å². The molecule has 0 bridgehead atoms. The largest absolute Gasteiger partial charge is 0.264 e. The maximum Gasteiger partial charge on any atom is 0.264 e. The molecule has 0 aliphatic carbocycles. The van der Waals surface area contributed by atoms with E-state index in [-0.39, 0.29) is 17.9 Å². The summed E-state index contributed by atoms with van der Waals surface area (Å²) in [5.74, 6) is -0.000489. The summed E-state index contributed by atoms with van der Waals surface area (Å²) in [4.78, 5) is 3.84. The van der Waals surface area contributed by atoms with Gasteiger partial charge < -0.3 is 0 Å². The van der Waals surface area contributed by atoms with E-state index in [0.717, 1.165) is 0 Å². The van der Waals surface area contributed by atoms with Crippen LogP contribution in [0.25, 0.3) is 0 Å². The van der Waals surface area contributed by atoms with Crippen molar-refractivity contribution in [2.75, 3.05) is 0 Å². The molecule has 0 saturated heterocycles. The van der Waals surface area contributed by atoms with Crippen molar-refractivity contribution in [2.45, 2.75) is 18.7 Å². The molecule has 0 radical (unpaired) electrons. The molecule has 0 aliphatic heterocycles. The summed E-state index contributed by atoms with van der Waals surface area (Å²) in [7, 11) is 0. The zero-order valence-corrected chi connectivity index (χ0v) is 7.93. The monoisotopic (exact) mass is 216 g/mol. The number of rotatable bonds is 3. The quantitative estimate of drug-likeness (QED) is 0.729. The van der Waals surface area contributed by atoms with Crippen LogP contribution in [0.4, 0.5) is 8.78 Å². The van der Waals surface area contributed by atoms with Crippen molar-refractivity contribution < 1.29 is 8.78 Å². The highest BCUT2D eigenvalue weighted by molar-refractivity contribution is 6.17. The molecule has 1 aromatic heterocycles. The Kier molecular flexibility index (Phi) is 3.78. The van der Waals surface area contributed by atoms with E-state index in [1.54, 1.807) is 0 Å². The van der Waals surface area contributed by atoms with Crippen LogP contribution in [0.2, 0.25) is 0 Å². The van der Waals surface area contributed by atoms with Gasteiger partial charge in [-0.25, -0.2) is 8.78 Å². The van der Waals surface area contributed by atoms with Crippen LogP contribution in [-0.2, 0) is 12.3 Å². The highest BCUT2D eigenvalue weighted by atomic mass is 35.5. The van der Waals surface area contributed by atoms with Gasteiger partial charge >= 0.3 is 0 Å². The molecule has 0 fully saturated rings. The molecule has 0 amide bonds. The van der Waals surface area contributed by atoms with Gasteiger partial charge in [0.1, 0.15) is 0 Å². The number of nitriles is 1. The van der Waals surface area contributed by atoms with Crippen molar-refractivity contribution in [1.82, 2.24) is 4.98 Å². The van der Waals surface area contributed by atoms with E-state index in [1.165, 1.54) is 12.3 Å². The first-order valence-corrected chi connectivity index (χ1v) is 4.41. The van der Waals surface area contributed by atoms with Crippen LogP contribution < -0.4 is 0 Å². The van der Waals surface area contributed by atoms with Crippen LogP contribution in [0.5, 0.6) is 0 Å². The van der Waals surface area contributed by atoms with Crippen molar-refractivity contribution in [1.29, 1.82) is 5.26 Å². The minimum Gasteiger partial charge on any atom is -0.260 e. The molecule has 74 valence electrons. The number of pyridine rings is 1. The van der Waals surface area contributed by atoms with Gasteiger partial charge in [0.25, 0.3) is 6.43 Å². The van der Waals surface area contributed by atoms with E-state index in [2.05, 4.69) is 4.98 Å². The normalized spacial score (nSPS) is 10.2. The third-order valence-electron chi connectivity index (χ3n) is 1.72. The number of hydrogen-bond donors (Lipinski definition) is 0. The average molecular weight is 217 g/mol. The van der Waals surface area contributed by atoms with Gasteiger partial charge in [-0.05, 0) is 11.6 Å². The molecular formula is C9H7ClF2N2. The highest BCUT2D eigenvalue weighted by Gasteiger charge is 2.13. The van der Waals surface area contributed by atoms with E-state index in [4.69, 9.17) is 16.9 Å². The number of hydrogen-bond acceptors (Lipinski definition) is 2. The Labute approximate surface area is 85.1 Å². The Hall–Kier alpha value is -1.21. The number of nitrogens with zero attached hydrogens (tertiary/aromatic N) is 2. The van der Waals surface area contributed by atoms with Gasteiger partial charge in [-0.3, -0.25) is 4.98 Å². The Morgan fingerprint density at radius 1 is 1.57 bits per heavy atom. The van der Waals surface area contributed by atoms with Gasteiger partial charge in [0.2, 0.25) is 0 Å². The van der Waals surface area contributed by atoms with Crippen molar-refractivity contribution in [3.8, 4) is 6.07 Å². The van der Waals surface area contributed by atoms with Crippen LogP contribution in [0.3, 0.4) is 0 Å². The maximum absolute atomic E-state index is 12.5. The summed E-state index contributed by atoms with van der Waals surface area (Å²) in [6.45, 7) is 0. The average Bonchev–Trinajstić information content (AvgIpc) is 2.18. The minimum absolute atomic E-state index is 0.000489. The van der Waals surface area contributed by atoms with Gasteiger partial charge in [-0.15, -0.1) is 11.6 Å². The topological polar surface area (TPSA) is 36.7 Å². The lowest BCUT2D eigenvalue weighted by Crippen LogP contribution is -1.97. The second kappa shape index (κ2) is 4.87. The van der Waals surface area contributed by atoms with Crippen molar-refractivity contribution >= 4 is 11.6 Å². The van der Waals surface area contributed by atoms with Gasteiger partial charge in [0.15, 0.2) is 0 Å². The molecule has 0 unspecified atom stereocenters. The standard InChI is InChI=1S/C9H7ClF2N2/c10-4-6-5-14-7(1-2-13)3-8(6)9(11)12/h3,5,9H,1,4H2. The van der Waals surface area contributed by atoms with Crippen molar-refractivity contribution in [3.05, 3.63) is 29.1 Å². The zero-order chi connectivity index (χ0) is 10.6. The molecule has 0 aromatic carbocycles. The second-order valence-corrected chi connectivity index (χ2v) is 2.91. The predicted molar refractivity (Wildman–Crippen MR) is 48.1 cm³/mol. The Morgan fingerprint density at radius 2 is 2.29 bits per heavy atom. The fourth-order valence-corrected chi connectivity index (χ4v) is 1.26. The lowest BCUT2D eigenvalue weighted by Gasteiger charge is -2.06. The molecule has 0 N–H and O–H groups in total. The molecule has 1 rings (SSSR count). The van der Waals surface area contributed by atoms with Crippen molar-refractivity contribution in [2.24, 2.45) is 0 Å². The molecule has 0 spiro atoms. The molecule has 0 saturated carbocycles. The van der Waals surface area contributed by atoms with E-state index >= 15 is 0 Å². The maximum atomic E-state index is 12.5. The highest BCUT2D eigenvalue weighted by Crippen LogP contribution is 2.24. The van der Waals surface area contributed by atoms with Crippen molar-refractivity contribution in [3.63, 3.8) is 0 Å². The Morgan fingerprint density at radius 3 is 2.79 bits per heavy atom. The fraction of sp³-hybridized carbons (Fsp3) is 0.333.